The van der Waals surface area contributed by atoms with E-state index in [2.05, 4.69) is 0 Å². The number of sulfonamides is 1. The molecule has 3 atom stereocenters. The van der Waals surface area contributed by atoms with Gasteiger partial charge in [0.15, 0.2) is 0 Å². The van der Waals surface area contributed by atoms with Crippen molar-refractivity contribution in [3.63, 3.8) is 0 Å². The molecule has 0 aromatic heterocycles. The third-order valence-corrected chi connectivity index (χ3v) is 5.90. The van der Waals surface area contributed by atoms with Gasteiger partial charge in [0.2, 0.25) is 10.0 Å². The molecule has 0 radical (unpaired) electrons. The van der Waals surface area contributed by atoms with Gasteiger partial charge in [-0.1, -0.05) is 30.3 Å². The lowest BCUT2D eigenvalue weighted by atomic mass is 10.1. The summed E-state index contributed by atoms with van der Waals surface area (Å²) in [4.78, 5) is 0. The van der Waals surface area contributed by atoms with Crippen LogP contribution in [-0.4, -0.2) is 23.5 Å². The zero-order chi connectivity index (χ0) is 12.8. The molecule has 17 heavy (non-hydrogen) atoms. The second-order valence-electron chi connectivity index (χ2n) is 5.54. The van der Waals surface area contributed by atoms with E-state index in [0.29, 0.717) is 0 Å². The van der Waals surface area contributed by atoms with Crippen LogP contribution in [0.1, 0.15) is 39.3 Å². The van der Waals surface area contributed by atoms with Gasteiger partial charge in [0.05, 0.1) is 10.8 Å². The fraction of sp³-hybridized carbons (Fsp3) is 0.538. The molecule has 1 fully saturated rings. The largest absolute Gasteiger partial charge is 0.219 e. The highest BCUT2D eigenvalue weighted by Crippen LogP contribution is 2.47. The summed E-state index contributed by atoms with van der Waals surface area (Å²) in [6.45, 7) is 7.20. The molecule has 0 saturated carbocycles. The number of hydrogen-bond acceptors (Lipinski definition) is 2. The van der Waals surface area contributed by atoms with E-state index in [1.54, 1.807) is 25.1 Å². The van der Waals surface area contributed by atoms with Crippen LogP contribution in [0.3, 0.4) is 0 Å². The maximum atomic E-state index is 12.3. The van der Waals surface area contributed by atoms with Crippen molar-refractivity contribution in [3.8, 4) is 0 Å². The van der Waals surface area contributed by atoms with Gasteiger partial charge in [-0.05, 0) is 33.3 Å². The quantitative estimate of drug-likeness (QED) is 0.760. The lowest BCUT2D eigenvalue weighted by Crippen LogP contribution is -2.34. The van der Waals surface area contributed by atoms with Crippen LogP contribution in [0.5, 0.6) is 0 Å². The Bertz CT molecular complexity index is 502. The van der Waals surface area contributed by atoms with Crippen LogP contribution in [-0.2, 0) is 10.0 Å². The van der Waals surface area contributed by atoms with Crippen LogP contribution in [0.25, 0.3) is 0 Å². The minimum absolute atomic E-state index is 0.0143. The minimum Gasteiger partial charge on any atom is -0.212 e. The average Bonchev–Trinajstić information content (AvgIpc) is 2.90. The predicted molar refractivity (Wildman–Crippen MR) is 69.2 cm³/mol. The molecule has 3 nitrogen and oxygen atoms in total. The third kappa shape index (κ3) is 2.00. The smallest absolute Gasteiger partial charge is 0.212 e. The molecule has 1 aliphatic heterocycles. The molecule has 1 aromatic rings. The van der Waals surface area contributed by atoms with Crippen molar-refractivity contribution in [3.05, 3.63) is 35.9 Å². The first-order chi connectivity index (χ1) is 7.77. The Labute approximate surface area is 104 Å². The molecule has 0 bridgehead atoms. The SMILES string of the molecule is C[C@H]1[C@@H](c2ccccc2)N1S(=O)(=O)C(C)(C)C. The summed E-state index contributed by atoms with van der Waals surface area (Å²) in [7, 11) is -3.22. The molecular weight excluding hydrogens is 234 g/mol. The topological polar surface area (TPSA) is 37.1 Å². The number of nitrogens with zero attached hydrogens (tertiary/aromatic N) is 1. The average molecular weight is 253 g/mol. The Morgan fingerprint density at radius 1 is 1.12 bits per heavy atom. The second kappa shape index (κ2) is 3.82. The van der Waals surface area contributed by atoms with Crippen LogP contribution >= 0.6 is 0 Å². The fourth-order valence-electron chi connectivity index (χ4n) is 2.08. The van der Waals surface area contributed by atoms with Gasteiger partial charge in [-0.3, -0.25) is 0 Å². The highest BCUT2D eigenvalue weighted by Gasteiger charge is 2.56. The Kier molecular flexibility index (Phi) is 2.83. The van der Waals surface area contributed by atoms with Crippen LogP contribution in [0, 0.1) is 0 Å². The Balaban J connectivity index is 2.29. The summed E-state index contributed by atoms with van der Waals surface area (Å²) in [5.41, 5.74) is 1.08. The maximum Gasteiger partial charge on any atom is 0.219 e. The van der Waals surface area contributed by atoms with Crippen LogP contribution in [0.2, 0.25) is 0 Å². The standard InChI is InChI=1S/C13H19NO2S/c1-10-12(11-8-6-5-7-9-11)14(10)17(15,16)13(2,3)4/h5-10,12H,1-4H3/t10-,12-,14?/m0/s1. The minimum atomic E-state index is -3.22. The number of benzene rings is 1. The first-order valence-electron chi connectivity index (χ1n) is 5.85. The van der Waals surface area contributed by atoms with Crippen molar-refractivity contribution >= 4 is 10.0 Å². The summed E-state index contributed by atoms with van der Waals surface area (Å²) in [5.74, 6) is 0. The second-order valence-corrected chi connectivity index (χ2v) is 8.14. The molecule has 0 N–H and O–H groups in total. The van der Waals surface area contributed by atoms with Gasteiger partial charge in [-0.15, -0.1) is 0 Å². The van der Waals surface area contributed by atoms with E-state index < -0.39 is 14.8 Å². The van der Waals surface area contributed by atoms with Crippen molar-refractivity contribution in [2.75, 3.05) is 0 Å². The molecule has 1 unspecified atom stereocenters. The van der Waals surface area contributed by atoms with E-state index in [1.807, 2.05) is 37.3 Å². The van der Waals surface area contributed by atoms with Gasteiger partial charge in [0.1, 0.15) is 0 Å². The Morgan fingerprint density at radius 2 is 1.65 bits per heavy atom. The van der Waals surface area contributed by atoms with Crippen LogP contribution in [0.4, 0.5) is 0 Å². The van der Waals surface area contributed by atoms with Gasteiger partial charge in [0.25, 0.3) is 0 Å². The molecule has 0 aliphatic carbocycles. The first kappa shape index (κ1) is 12.6. The van der Waals surface area contributed by atoms with Gasteiger partial charge < -0.3 is 0 Å². The summed E-state index contributed by atoms with van der Waals surface area (Å²) in [6, 6.07) is 9.89. The molecule has 0 amide bonds. The lowest BCUT2D eigenvalue weighted by molar-refractivity contribution is 0.512. The van der Waals surface area contributed by atoms with Crippen molar-refractivity contribution < 1.29 is 8.42 Å². The Hall–Kier alpha value is -0.870. The lowest BCUT2D eigenvalue weighted by Gasteiger charge is -2.20. The molecule has 0 spiro atoms. The highest BCUT2D eigenvalue weighted by molar-refractivity contribution is 7.90. The van der Waals surface area contributed by atoms with E-state index in [-0.39, 0.29) is 12.1 Å². The fourth-order valence-corrected chi connectivity index (χ4v) is 3.81. The van der Waals surface area contributed by atoms with E-state index >= 15 is 0 Å². The maximum absolute atomic E-state index is 12.3. The molecule has 1 aromatic carbocycles. The van der Waals surface area contributed by atoms with E-state index in [1.165, 1.54) is 0 Å². The number of hydrogen-bond donors (Lipinski definition) is 0. The zero-order valence-corrected chi connectivity index (χ0v) is 11.5. The Morgan fingerprint density at radius 3 is 2.12 bits per heavy atom. The van der Waals surface area contributed by atoms with Gasteiger partial charge in [0, 0.05) is 6.04 Å². The van der Waals surface area contributed by atoms with Crippen LogP contribution < -0.4 is 0 Å². The molecule has 1 aliphatic rings. The molecule has 1 saturated heterocycles. The van der Waals surface area contributed by atoms with E-state index in [9.17, 15) is 8.42 Å². The van der Waals surface area contributed by atoms with Gasteiger partial charge in [-0.2, -0.15) is 4.31 Å². The monoisotopic (exact) mass is 253 g/mol. The van der Waals surface area contributed by atoms with Gasteiger partial charge in [-0.25, -0.2) is 8.42 Å². The van der Waals surface area contributed by atoms with E-state index in [0.717, 1.165) is 5.56 Å². The molecule has 1 heterocycles. The third-order valence-electron chi connectivity index (χ3n) is 3.24. The number of rotatable bonds is 2. The molecule has 4 heteroatoms. The van der Waals surface area contributed by atoms with E-state index in [4.69, 9.17) is 0 Å². The zero-order valence-electron chi connectivity index (χ0n) is 10.7. The summed E-state index contributed by atoms with van der Waals surface area (Å²) in [5, 5.41) is 0. The van der Waals surface area contributed by atoms with Crippen molar-refractivity contribution in [2.24, 2.45) is 0 Å². The first-order valence-corrected chi connectivity index (χ1v) is 7.29. The van der Waals surface area contributed by atoms with Crippen molar-refractivity contribution in [1.29, 1.82) is 0 Å². The summed E-state index contributed by atoms with van der Waals surface area (Å²) >= 11 is 0. The van der Waals surface area contributed by atoms with Gasteiger partial charge >= 0.3 is 0 Å². The molecular formula is C13H19NO2S. The predicted octanol–water partition coefficient (Wildman–Crippen LogP) is 2.56. The normalized spacial score (nSPS) is 29.1. The highest BCUT2D eigenvalue weighted by atomic mass is 32.2. The summed E-state index contributed by atoms with van der Waals surface area (Å²) in [6.07, 6.45) is 0. The summed E-state index contributed by atoms with van der Waals surface area (Å²) < 4.78 is 25.6. The van der Waals surface area contributed by atoms with Crippen molar-refractivity contribution in [2.45, 2.75) is 44.5 Å². The van der Waals surface area contributed by atoms with Crippen molar-refractivity contribution in [1.82, 2.24) is 4.31 Å². The van der Waals surface area contributed by atoms with Crippen LogP contribution in [0.15, 0.2) is 30.3 Å². The molecule has 2 rings (SSSR count). The molecule has 94 valence electrons.